The molecule has 0 unspecified atom stereocenters. The normalized spacial score (nSPS) is 11.3. The van der Waals surface area contributed by atoms with Gasteiger partial charge in [-0.3, -0.25) is 4.79 Å². The summed E-state index contributed by atoms with van der Waals surface area (Å²) in [4.78, 5) is 11.8. The van der Waals surface area contributed by atoms with Crippen molar-refractivity contribution in [2.45, 2.75) is 32.1 Å². The molecule has 18 heavy (non-hydrogen) atoms. The highest BCUT2D eigenvalue weighted by molar-refractivity contribution is 8.13. The molecule has 0 atom stereocenters. The molecule has 1 aromatic rings. The van der Waals surface area contributed by atoms with Crippen molar-refractivity contribution in [2.24, 2.45) is 0 Å². The third-order valence-corrected chi connectivity index (χ3v) is 4.03. The molecule has 0 heterocycles. The van der Waals surface area contributed by atoms with Crippen LogP contribution in [0.3, 0.4) is 0 Å². The predicted octanol–water partition coefficient (Wildman–Crippen LogP) is 2.37. The van der Waals surface area contributed by atoms with E-state index in [1.165, 1.54) is 6.07 Å². The Kier molecular flexibility index (Phi) is 4.76. The molecule has 100 valence electrons. The number of rotatable bonds is 4. The van der Waals surface area contributed by atoms with Crippen LogP contribution in [0.4, 0.5) is 0 Å². The fraction of sp³-hybridized carbons (Fsp3) is 0.417. The van der Waals surface area contributed by atoms with Gasteiger partial charge in [-0.1, -0.05) is 13.0 Å². The number of aryl methyl sites for hydroxylation is 2. The number of benzene rings is 1. The Hall–Kier alpha value is -1.07. The lowest BCUT2D eigenvalue weighted by atomic mass is 10.1. The second-order valence-electron chi connectivity index (χ2n) is 4.13. The maximum absolute atomic E-state index is 11.9. The number of halogens is 1. The van der Waals surface area contributed by atoms with Crippen LogP contribution in [-0.4, -0.2) is 20.9 Å². The first-order chi connectivity index (χ1) is 8.27. The Balaban J connectivity index is 3.26. The lowest BCUT2D eigenvalue weighted by Gasteiger charge is -2.10. The van der Waals surface area contributed by atoms with E-state index in [1.807, 2.05) is 6.92 Å². The van der Waals surface area contributed by atoms with E-state index in [4.69, 9.17) is 10.7 Å². The Labute approximate surface area is 112 Å². The fourth-order valence-corrected chi connectivity index (χ4v) is 2.87. The molecule has 0 saturated heterocycles. The Morgan fingerprint density at radius 3 is 2.39 bits per heavy atom. The smallest absolute Gasteiger partial charge is 0.261 e. The second kappa shape index (κ2) is 5.71. The van der Waals surface area contributed by atoms with Crippen molar-refractivity contribution in [1.29, 1.82) is 0 Å². The van der Waals surface area contributed by atoms with E-state index in [2.05, 4.69) is 5.32 Å². The van der Waals surface area contributed by atoms with Crippen molar-refractivity contribution in [3.05, 3.63) is 28.8 Å². The van der Waals surface area contributed by atoms with Crippen LogP contribution in [0.15, 0.2) is 17.0 Å². The minimum absolute atomic E-state index is 0.0172. The first-order valence-electron chi connectivity index (χ1n) is 5.61. The quantitative estimate of drug-likeness (QED) is 0.866. The molecule has 0 aliphatic heterocycles. The van der Waals surface area contributed by atoms with Gasteiger partial charge in [-0.25, -0.2) is 8.42 Å². The number of nitrogens with one attached hydrogen (secondary N) is 1. The number of amides is 1. The molecule has 0 aromatic heterocycles. The van der Waals surface area contributed by atoms with Gasteiger partial charge in [-0.15, -0.1) is 0 Å². The molecule has 1 aromatic carbocycles. The molecule has 0 aliphatic carbocycles. The van der Waals surface area contributed by atoms with Gasteiger partial charge in [0.15, 0.2) is 0 Å². The van der Waals surface area contributed by atoms with E-state index in [1.54, 1.807) is 19.9 Å². The molecule has 4 nitrogen and oxygen atoms in total. The minimum Gasteiger partial charge on any atom is -0.352 e. The van der Waals surface area contributed by atoms with Gasteiger partial charge in [-0.05, 0) is 37.5 Å². The average Bonchev–Trinajstić information content (AvgIpc) is 2.24. The molecule has 0 radical (unpaired) electrons. The van der Waals surface area contributed by atoms with Gasteiger partial charge in [0, 0.05) is 22.8 Å². The summed E-state index contributed by atoms with van der Waals surface area (Å²) in [5, 5.41) is 2.71. The summed E-state index contributed by atoms with van der Waals surface area (Å²) in [5.41, 5.74) is 1.60. The monoisotopic (exact) mass is 289 g/mol. The molecular weight excluding hydrogens is 274 g/mol. The van der Waals surface area contributed by atoms with Crippen LogP contribution in [0, 0.1) is 13.8 Å². The molecule has 0 spiro atoms. The summed E-state index contributed by atoms with van der Waals surface area (Å²) in [6.45, 7) is 5.90. The van der Waals surface area contributed by atoms with E-state index < -0.39 is 9.05 Å². The van der Waals surface area contributed by atoms with Crippen LogP contribution in [0.5, 0.6) is 0 Å². The van der Waals surface area contributed by atoms with Crippen LogP contribution in [0.2, 0.25) is 0 Å². The maximum Gasteiger partial charge on any atom is 0.261 e. The van der Waals surface area contributed by atoms with Crippen LogP contribution < -0.4 is 5.32 Å². The van der Waals surface area contributed by atoms with Crippen LogP contribution in [-0.2, 0) is 9.05 Å². The number of carbonyl (C=O) groups excluding carboxylic acids is 1. The van der Waals surface area contributed by atoms with Crippen molar-refractivity contribution >= 4 is 25.6 Å². The van der Waals surface area contributed by atoms with Crippen LogP contribution >= 0.6 is 10.7 Å². The second-order valence-corrected chi connectivity index (χ2v) is 6.66. The van der Waals surface area contributed by atoms with E-state index in [0.717, 1.165) is 12.0 Å². The lowest BCUT2D eigenvalue weighted by molar-refractivity contribution is 0.0953. The van der Waals surface area contributed by atoms with Gasteiger partial charge in [0.2, 0.25) is 0 Å². The Morgan fingerprint density at radius 2 is 1.89 bits per heavy atom. The average molecular weight is 290 g/mol. The summed E-state index contributed by atoms with van der Waals surface area (Å²) in [6, 6.07) is 2.98. The molecule has 0 saturated carbocycles. The number of hydrogen-bond donors (Lipinski definition) is 1. The van der Waals surface area contributed by atoms with Crippen molar-refractivity contribution < 1.29 is 13.2 Å². The predicted molar refractivity (Wildman–Crippen MR) is 71.6 cm³/mol. The summed E-state index contributed by atoms with van der Waals surface area (Å²) >= 11 is 0. The molecule has 0 bridgehead atoms. The van der Waals surface area contributed by atoms with Crippen molar-refractivity contribution in [3.8, 4) is 0 Å². The van der Waals surface area contributed by atoms with Gasteiger partial charge < -0.3 is 5.32 Å². The summed E-state index contributed by atoms with van der Waals surface area (Å²) in [5.74, 6) is -0.282. The zero-order chi connectivity index (χ0) is 13.9. The zero-order valence-corrected chi connectivity index (χ0v) is 12.2. The zero-order valence-electron chi connectivity index (χ0n) is 10.6. The topological polar surface area (TPSA) is 63.2 Å². The molecule has 0 fully saturated rings. The van der Waals surface area contributed by atoms with Crippen LogP contribution in [0.1, 0.15) is 34.8 Å². The highest BCUT2D eigenvalue weighted by Gasteiger charge is 2.18. The highest BCUT2D eigenvalue weighted by Crippen LogP contribution is 2.23. The first kappa shape index (κ1) is 15.0. The summed E-state index contributed by atoms with van der Waals surface area (Å²) in [7, 11) is 1.50. The number of carbonyl (C=O) groups is 1. The maximum atomic E-state index is 11.9. The summed E-state index contributed by atoms with van der Waals surface area (Å²) < 4.78 is 22.8. The standard InChI is InChI=1S/C12H16ClNO3S/c1-4-5-14-12(15)10-7-11(18(13,16)17)9(3)6-8(10)2/h6-7H,4-5H2,1-3H3,(H,14,15). The fourth-order valence-electron chi connectivity index (χ4n) is 1.67. The molecule has 1 rings (SSSR count). The van der Waals surface area contributed by atoms with Gasteiger partial charge in [0.1, 0.15) is 0 Å². The van der Waals surface area contributed by atoms with Crippen LogP contribution in [0.25, 0.3) is 0 Å². The summed E-state index contributed by atoms with van der Waals surface area (Å²) in [6.07, 6.45) is 0.817. The van der Waals surface area contributed by atoms with Gasteiger partial charge in [0.05, 0.1) is 4.90 Å². The Bertz CT molecular complexity index is 567. The van der Waals surface area contributed by atoms with Gasteiger partial charge in [-0.2, -0.15) is 0 Å². The first-order valence-corrected chi connectivity index (χ1v) is 7.92. The molecule has 1 N–H and O–H groups in total. The van der Waals surface area contributed by atoms with Crippen molar-refractivity contribution in [3.63, 3.8) is 0 Å². The Morgan fingerprint density at radius 1 is 1.28 bits per heavy atom. The highest BCUT2D eigenvalue weighted by atomic mass is 35.7. The van der Waals surface area contributed by atoms with E-state index >= 15 is 0 Å². The third kappa shape index (κ3) is 3.46. The van der Waals surface area contributed by atoms with E-state index in [-0.39, 0.29) is 10.8 Å². The lowest BCUT2D eigenvalue weighted by Crippen LogP contribution is -2.25. The van der Waals surface area contributed by atoms with E-state index in [9.17, 15) is 13.2 Å². The van der Waals surface area contributed by atoms with Gasteiger partial charge >= 0.3 is 0 Å². The molecule has 0 aliphatic rings. The minimum atomic E-state index is -3.83. The van der Waals surface area contributed by atoms with E-state index in [0.29, 0.717) is 17.7 Å². The van der Waals surface area contributed by atoms with Crippen molar-refractivity contribution in [1.82, 2.24) is 5.32 Å². The molecule has 6 heteroatoms. The third-order valence-electron chi connectivity index (χ3n) is 2.56. The van der Waals surface area contributed by atoms with Gasteiger partial charge in [0.25, 0.3) is 15.0 Å². The molecular formula is C12H16ClNO3S. The number of hydrogen-bond acceptors (Lipinski definition) is 3. The van der Waals surface area contributed by atoms with Crippen molar-refractivity contribution in [2.75, 3.05) is 6.54 Å². The SMILES string of the molecule is CCCNC(=O)c1cc(S(=O)(=O)Cl)c(C)cc1C. The largest absolute Gasteiger partial charge is 0.352 e. The molecule has 1 amide bonds.